The minimum absolute atomic E-state index is 0.0634. The Hall–Kier alpha value is -1.82. The molecule has 0 saturated carbocycles. The average Bonchev–Trinajstić information content (AvgIpc) is 2.61. The lowest BCUT2D eigenvalue weighted by molar-refractivity contribution is -0.118. The Labute approximate surface area is 103 Å². The summed E-state index contributed by atoms with van der Waals surface area (Å²) in [4.78, 5) is 11.2. The second-order valence-corrected chi connectivity index (χ2v) is 4.79. The van der Waals surface area contributed by atoms with Crippen molar-refractivity contribution in [3.05, 3.63) is 29.8 Å². The molecule has 0 unspecified atom stereocenters. The summed E-state index contributed by atoms with van der Waals surface area (Å²) in [7, 11) is 0. The molecule has 1 aromatic carbocycles. The number of rotatable bonds is 2. The fourth-order valence-corrected chi connectivity index (χ4v) is 2.00. The predicted molar refractivity (Wildman–Crippen MR) is 68.3 cm³/mol. The first-order chi connectivity index (χ1) is 8.16. The highest BCUT2D eigenvalue weighted by molar-refractivity contribution is 8.15. The number of carbonyl (C=O) groups excluding carboxylic acids is 1. The van der Waals surface area contributed by atoms with Gasteiger partial charge in [0.25, 0.3) is 0 Å². The van der Waals surface area contributed by atoms with Gasteiger partial charge in [-0.3, -0.25) is 4.79 Å². The third-order valence-electron chi connectivity index (χ3n) is 2.17. The molecule has 17 heavy (non-hydrogen) atoms. The van der Waals surface area contributed by atoms with Crippen LogP contribution in [0.3, 0.4) is 0 Å². The fraction of sp³-hybridized carbons (Fsp3) is 0.182. The van der Waals surface area contributed by atoms with Crippen LogP contribution in [0.25, 0.3) is 0 Å². The Kier molecular flexibility index (Phi) is 3.43. The van der Waals surface area contributed by atoms with Crippen LogP contribution in [0.4, 0.5) is 0 Å². The zero-order valence-corrected chi connectivity index (χ0v) is 9.94. The van der Waals surface area contributed by atoms with E-state index in [9.17, 15) is 9.90 Å². The molecule has 88 valence electrons. The molecule has 2 rings (SSSR count). The smallest absolute Gasteiger partial charge is 0.239 e. The van der Waals surface area contributed by atoms with Gasteiger partial charge in [-0.05, 0) is 19.1 Å². The topological polar surface area (TPSA) is 74.1 Å². The standard InChI is InChI=1S/C11H11N3O2S/c1-7-10(16)13-11(17-7)14-12-6-8-4-2-3-5-9(8)15/h2-7,15H,1H3,(H,13,14,16)/b12-6+/t7-/m0/s1. The van der Waals surface area contributed by atoms with Crippen LogP contribution in [0.15, 0.2) is 34.5 Å². The summed E-state index contributed by atoms with van der Waals surface area (Å²) in [6, 6.07) is 6.82. The van der Waals surface area contributed by atoms with Crippen molar-refractivity contribution in [1.29, 1.82) is 0 Å². The van der Waals surface area contributed by atoms with Gasteiger partial charge < -0.3 is 10.4 Å². The summed E-state index contributed by atoms with van der Waals surface area (Å²) in [5.74, 6) is 0.0828. The van der Waals surface area contributed by atoms with E-state index in [0.29, 0.717) is 10.7 Å². The molecule has 0 bridgehead atoms. The highest BCUT2D eigenvalue weighted by Crippen LogP contribution is 2.18. The number of thioether (sulfide) groups is 1. The molecule has 1 heterocycles. The molecule has 0 aliphatic carbocycles. The molecule has 1 amide bonds. The molecule has 1 fully saturated rings. The first-order valence-electron chi connectivity index (χ1n) is 5.03. The number of phenols is 1. The highest BCUT2D eigenvalue weighted by atomic mass is 32.2. The molecular weight excluding hydrogens is 238 g/mol. The molecule has 0 radical (unpaired) electrons. The van der Waals surface area contributed by atoms with Gasteiger partial charge in [-0.1, -0.05) is 23.9 Å². The van der Waals surface area contributed by atoms with Crippen molar-refractivity contribution in [2.75, 3.05) is 0 Å². The van der Waals surface area contributed by atoms with Gasteiger partial charge in [0.05, 0.1) is 11.5 Å². The fourth-order valence-electron chi connectivity index (χ4n) is 1.25. The number of amides is 1. The molecule has 1 aliphatic rings. The summed E-state index contributed by atoms with van der Waals surface area (Å²) < 4.78 is 0. The number of amidine groups is 1. The van der Waals surface area contributed by atoms with Crippen molar-refractivity contribution < 1.29 is 9.90 Å². The minimum Gasteiger partial charge on any atom is -0.507 e. The van der Waals surface area contributed by atoms with Crippen molar-refractivity contribution in [1.82, 2.24) is 5.32 Å². The molecular formula is C11H11N3O2S. The summed E-state index contributed by atoms with van der Waals surface area (Å²) in [6.45, 7) is 1.80. The first-order valence-corrected chi connectivity index (χ1v) is 5.91. The Morgan fingerprint density at radius 1 is 1.47 bits per heavy atom. The number of benzene rings is 1. The van der Waals surface area contributed by atoms with Crippen LogP contribution in [0, 0.1) is 0 Å². The van der Waals surface area contributed by atoms with E-state index in [1.807, 2.05) is 0 Å². The average molecular weight is 249 g/mol. The molecule has 0 aromatic heterocycles. The zero-order valence-electron chi connectivity index (χ0n) is 9.12. The second kappa shape index (κ2) is 5.01. The van der Waals surface area contributed by atoms with Crippen molar-refractivity contribution in [2.24, 2.45) is 10.2 Å². The number of para-hydroxylation sites is 1. The molecule has 1 aliphatic heterocycles. The quantitative estimate of drug-likeness (QED) is 0.613. The molecule has 1 atom stereocenters. The van der Waals surface area contributed by atoms with E-state index in [2.05, 4.69) is 15.5 Å². The van der Waals surface area contributed by atoms with Gasteiger partial charge in [-0.2, -0.15) is 5.10 Å². The van der Waals surface area contributed by atoms with Crippen LogP contribution >= 0.6 is 11.8 Å². The van der Waals surface area contributed by atoms with E-state index >= 15 is 0 Å². The lowest BCUT2D eigenvalue weighted by Gasteiger charge is -1.95. The number of aromatic hydroxyl groups is 1. The van der Waals surface area contributed by atoms with Gasteiger partial charge >= 0.3 is 0 Å². The third kappa shape index (κ3) is 2.85. The van der Waals surface area contributed by atoms with Crippen LogP contribution in [0.1, 0.15) is 12.5 Å². The summed E-state index contributed by atoms with van der Waals surface area (Å²) in [5.41, 5.74) is 0.583. The van der Waals surface area contributed by atoms with E-state index in [4.69, 9.17) is 0 Å². The van der Waals surface area contributed by atoms with Crippen LogP contribution < -0.4 is 5.32 Å². The third-order valence-corrected chi connectivity index (χ3v) is 3.14. The first kappa shape index (κ1) is 11.7. The van der Waals surface area contributed by atoms with Crippen LogP contribution in [0.5, 0.6) is 5.75 Å². The van der Waals surface area contributed by atoms with E-state index < -0.39 is 0 Å². The summed E-state index contributed by atoms with van der Waals surface area (Å²) in [6.07, 6.45) is 1.44. The predicted octanol–water partition coefficient (Wildman–Crippen LogP) is 1.33. The van der Waals surface area contributed by atoms with Crippen LogP contribution in [-0.2, 0) is 4.79 Å². The zero-order chi connectivity index (χ0) is 12.3. The van der Waals surface area contributed by atoms with Gasteiger partial charge in [-0.15, -0.1) is 5.10 Å². The largest absolute Gasteiger partial charge is 0.507 e. The SMILES string of the molecule is C[C@@H]1S/C(=N\N=C\c2ccccc2O)NC1=O. The molecule has 1 saturated heterocycles. The van der Waals surface area contributed by atoms with Crippen molar-refractivity contribution in [3.8, 4) is 5.75 Å². The van der Waals surface area contributed by atoms with Gasteiger partial charge in [0.1, 0.15) is 5.75 Å². The van der Waals surface area contributed by atoms with E-state index in [1.165, 1.54) is 18.0 Å². The lowest BCUT2D eigenvalue weighted by atomic mass is 10.2. The van der Waals surface area contributed by atoms with Crippen LogP contribution in [0.2, 0.25) is 0 Å². The normalized spacial score (nSPS) is 22.3. The number of nitrogens with one attached hydrogen (secondary N) is 1. The number of carbonyl (C=O) groups is 1. The summed E-state index contributed by atoms with van der Waals surface area (Å²) in [5, 5.41) is 20.1. The Morgan fingerprint density at radius 3 is 2.88 bits per heavy atom. The maximum Gasteiger partial charge on any atom is 0.239 e. The molecule has 0 spiro atoms. The van der Waals surface area contributed by atoms with Crippen molar-refractivity contribution in [2.45, 2.75) is 12.2 Å². The number of nitrogens with zero attached hydrogens (tertiary/aromatic N) is 2. The molecule has 6 heteroatoms. The Balaban J connectivity index is 2.06. The van der Waals surface area contributed by atoms with Gasteiger partial charge in [0.15, 0.2) is 5.17 Å². The molecule has 2 N–H and O–H groups in total. The van der Waals surface area contributed by atoms with Crippen molar-refractivity contribution in [3.63, 3.8) is 0 Å². The van der Waals surface area contributed by atoms with E-state index in [1.54, 1.807) is 31.2 Å². The van der Waals surface area contributed by atoms with Crippen LogP contribution in [-0.4, -0.2) is 27.6 Å². The maximum atomic E-state index is 11.2. The second-order valence-electron chi connectivity index (χ2n) is 3.46. The number of phenolic OH excluding ortho intramolecular Hbond substituents is 1. The number of hydrogen-bond donors (Lipinski definition) is 2. The van der Waals surface area contributed by atoms with Crippen molar-refractivity contribution >= 4 is 29.1 Å². The van der Waals surface area contributed by atoms with Gasteiger partial charge in [-0.25, -0.2) is 0 Å². The maximum absolute atomic E-state index is 11.2. The summed E-state index contributed by atoms with van der Waals surface area (Å²) >= 11 is 1.33. The van der Waals surface area contributed by atoms with Gasteiger partial charge in [0.2, 0.25) is 5.91 Å². The number of hydrogen-bond acceptors (Lipinski definition) is 5. The van der Waals surface area contributed by atoms with E-state index in [0.717, 1.165) is 0 Å². The molecule has 1 aromatic rings. The highest BCUT2D eigenvalue weighted by Gasteiger charge is 2.25. The Morgan fingerprint density at radius 2 is 2.24 bits per heavy atom. The van der Waals surface area contributed by atoms with E-state index in [-0.39, 0.29) is 16.9 Å². The van der Waals surface area contributed by atoms with Gasteiger partial charge in [0, 0.05) is 5.56 Å². The lowest BCUT2D eigenvalue weighted by Crippen LogP contribution is -2.23. The molecule has 5 nitrogen and oxygen atoms in total. The monoisotopic (exact) mass is 249 g/mol. The minimum atomic E-state index is -0.130. The Bertz CT molecular complexity index is 499.